The van der Waals surface area contributed by atoms with Crippen molar-refractivity contribution in [3.8, 4) is 0 Å². The number of aromatic nitrogens is 2. The summed E-state index contributed by atoms with van der Waals surface area (Å²) in [6.45, 7) is 7.44. The number of rotatable bonds is 7. The van der Waals surface area contributed by atoms with Crippen molar-refractivity contribution in [2.75, 3.05) is 13.1 Å². The molecule has 144 valence electrons. The second-order valence-electron chi connectivity index (χ2n) is 7.40. The zero-order chi connectivity index (χ0) is 19.4. The fourth-order valence-corrected chi connectivity index (χ4v) is 3.06. The number of nitrogens with zero attached hydrogens (tertiary/aromatic N) is 3. The van der Waals surface area contributed by atoms with Crippen molar-refractivity contribution in [2.24, 2.45) is 5.92 Å². The van der Waals surface area contributed by atoms with Gasteiger partial charge >= 0.3 is 0 Å². The van der Waals surface area contributed by atoms with Gasteiger partial charge in [0.1, 0.15) is 0 Å². The largest absolute Gasteiger partial charge is 0.355 e. The molecule has 2 heterocycles. The summed E-state index contributed by atoms with van der Waals surface area (Å²) in [6.07, 6.45) is 0.745. The zero-order valence-corrected chi connectivity index (χ0v) is 16.1. The molecule has 1 saturated heterocycles. The van der Waals surface area contributed by atoms with Gasteiger partial charge in [0, 0.05) is 38.4 Å². The van der Waals surface area contributed by atoms with Crippen LogP contribution in [-0.2, 0) is 22.6 Å². The summed E-state index contributed by atoms with van der Waals surface area (Å²) in [5, 5.41) is 6.78. The Morgan fingerprint density at radius 1 is 1.33 bits per heavy atom. The van der Waals surface area contributed by atoms with Gasteiger partial charge in [-0.1, -0.05) is 48.8 Å². The minimum atomic E-state index is -0.308. The number of nitrogens with one attached hydrogen (secondary N) is 1. The average Bonchev–Trinajstić information content (AvgIpc) is 3.24. The maximum absolute atomic E-state index is 12.4. The van der Waals surface area contributed by atoms with Crippen LogP contribution in [0.5, 0.6) is 0 Å². The topological polar surface area (TPSA) is 88.3 Å². The van der Waals surface area contributed by atoms with Crippen molar-refractivity contribution in [2.45, 2.75) is 46.1 Å². The molecule has 0 unspecified atom stereocenters. The fraction of sp³-hybridized carbons (Fsp3) is 0.500. The average molecular weight is 370 g/mol. The first-order chi connectivity index (χ1) is 12.9. The standard InChI is InChI=1S/C20H26N4O3/c1-13(2)19-22-17(27-23-19)8-9-21-20(26)16-10-18(25)24(12-16)11-15-6-4-14(3)5-7-15/h4-7,13,16H,8-12H2,1-3H3,(H,21,26)/t16-/m1/s1. The van der Waals surface area contributed by atoms with E-state index in [-0.39, 0.29) is 30.1 Å². The van der Waals surface area contributed by atoms with Crippen LogP contribution in [0, 0.1) is 12.8 Å². The van der Waals surface area contributed by atoms with E-state index in [0.29, 0.717) is 37.8 Å². The molecule has 0 radical (unpaired) electrons. The van der Waals surface area contributed by atoms with Crippen LogP contribution >= 0.6 is 0 Å². The molecule has 2 amide bonds. The van der Waals surface area contributed by atoms with Gasteiger partial charge in [-0.2, -0.15) is 4.98 Å². The van der Waals surface area contributed by atoms with E-state index in [1.807, 2.05) is 45.0 Å². The number of hydrogen-bond acceptors (Lipinski definition) is 5. The van der Waals surface area contributed by atoms with Crippen LogP contribution in [0.3, 0.4) is 0 Å². The van der Waals surface area contributed by atoms with Gasteiger partial charge < -0.3 is 14.7 Å². The highest BCUT2D eigenvalue weighted by molar-refractivity contribution is 5.89. The third kappa shape index (κ3) is 4.93. The Morgan fingerprint density at radius 3 is 2.74 bits per heavy atom. The molecule has 1 aliphatic rings. The Morgan fingerprint density at radius 2 is 2.07 bits per heavy atom. The van der Waals surface area contributed by atoms with E-state index < -0.39 is 0 Å². The molecule has 1 N–H and O–H groups in total. The smallest absolute Gasteiger partial charge is 0.228 e. The number of carbonyl (C=O) groups excluding carboxylic acids is 2. The van der Waals surface area contributed by atoms with E-state index >= 15 is 0 Å². The van der Waals surface area contributed by atoms with Crippen LogP contribution in [0.15, 0.2) is 28.8 Å². The molecule has 0 aliphatic carbocycles. The van der Waals surface area contributed by atoms with Gasteiger partial charge in [0.05, 0.1) is 5.92 Å². The minimum absolute atomic E-state index is 0.0224. The van der Waals surface area contributed by atoms with E-state index in [1.54, 1.807) is 4.90 Å². The number of likely N-dealkylation sites (tertiary alicyclic amines) is 1. The summed E-state index contributed by atoms with van der Waals surface area (Å²) < 4.78 is 5.17. The molecule has 1 atom stereocenters. The molecule has 1 aliphatic heterocycles. The Bertz CT molecular complexity index is 798. The van der Waals surface area contributed by atoms with Gasteiger partial charge in [0.25, 0.3) is 0 Å². The third-order valence-corrected chi connectivity index (χ3v) is 4.72. The monoisotopic (exact) mass is 370 g/mol. The van der Waals surface area contributed by atoms with Crippen LogP contribution in [0.25, 0.3) is 0 Å². The lowest BCUT2D eigenvalue weighted by Crippen LogP contribution is -2.34. The SMILES string of the molecule is Cc1ccc(CN2C[C@H](C(=O)NCCc3nc(C(C)C)no3)CC2=O)cc1. The van der Waals surface area contributed by atoms with Crippen molar-refractivity contribution in [1.82, 2.24) is 20.4 Å². The number of benzene rings is 1. The second kappa shape index (κ2) is 8.33. The normalized spacial score (nSPS) is 17.0. The molecular weight excluding hydrogens is 344 g/mol. The van der Waals surface area contributed by atoms with E-state index in [1.165, 1.54) is 5.56 Å². The van der Waals surface area contributed by atoms with Crippen molar-refractivity contribution < 1.29 is 14.1 Å². The number of amides is 2. The van der Waals surface area contributed by atoms with Gasteiger partial charge in [-0.3, -0.25) is 9.59 Å². The van der Waals surface area contributed by atoms with Gasteiger partial charge in [-0.15, -0.1) is 0 Å². The number of hydrogen-bond donors (Lipinski definition) is 1. The van der Waals surface area contributed by atoms with Crippen molar-refractivity contribution in [1.29, 1.82) is 0 Å². The van der Waals surface area contributed by atoms with Gasteiger partial charge in [-0.05, 0) is 12.5 Å². The molecule has 1 aromatic heterocycles. The summed E-state index contributed by atoms with van der Waals surface area (Å²) in [6, 6.07) is 8.10. The molecule has 7 heteroatoms. The predicted molar refractivity (Wildman–Crippen MR) is 99.8 cm³/mol. The fourth-order valence-electron chi connectivity index (χ4n) is 3.06. The lowest BCUT2D eigenvalue weighted by Gasteiger charge is -2.16. The summed E-state index contributed by atoms with van der Waals surface area (Å²) >= 11 is 0. The molecule has 0 saturated carbocycles. The van der Waals surface area contributed by atoms with Crippen LogP contribution in [0.1, 0.15) is 49.0 Å². The minimum Gasteiger partial charge on any atom is -0.355 e. The highest BCUT2D eigenvalue weighted by atomic mass is 16.5. The van der Waals surface area contributed by atoms with Crippen molar-refractivity contribution in [3.63, 3.8) is 0 Å². The van der Waals surface area contributed by atoms with Crippen LogP contribution < -0.4 is 5.32 Å². The lowest BCUT2D eigenvalue weighted by atomic mass is 10.1. The first kappa shape index (κ1) is 19.1. The van der Waals surface area contributed by atoms with Crippen molar-refractivity contribution in [3.05, 3.63) is 47.1 Å². The third-order valence-electron chi connectivity index (χ3n) is 4.72. The van der Waals surface area contributed by atoms with Gasteiger partial charge in [-0.25, -0.2) is 0 Å². The summed E-state index contributed by atoms with van der Waals surface area (Å²) in [7, 11) is 0. The summed E-state index contributed by atoms with van der Waals surface area (Å²) in [5.74, 6) is 1.01. The first-order valence-electron chi connectivity index (χ1n) is 9.36. The highest BCUT2D eigenvalue weighted by Gasteiger charge is 2.34. The molecule has 2 aromatic rings. The highest BCUT2D eigenvalue weighted by Crippen LogP contribution is 2.20. The summed E-state index contributed by atoms with van der Waals surface area (Å²) in [4.78, 5) is 30.7. The Hall–Kier alpha value is -2.70. The van der Waals surface area contributed by atoms with E-state index in [0.717, 1.165) is 5.56 Å². The number of carbonyl (C=O) groups is 2. The molecular formula is C20H26N4O3. The Balaban J connectivity index is 1.46. The van der Waals surface area contributed by atoms with E-state index in [9.17, 15) is 9.59 Å². The lowest BCUT2D eigenvalue weighted by molar-refractivity contribution is -0.129. The predicted octanol–water partition coefficient (Wildman–Crippen LogP) is 2.21. The molecule has 1 aromatic carbocycles. The molecule has 0 bridgehead atoms. The first-order valence-corrected chi connectivity index (χ1v) is 9.36. The summed E-state index contributed by atoms with van der Waals surface area (Å²) in [5.41, 5.74) is 2.26. The van der Waals surface area contributed by atoms with E-state index in [4.69, 9.17) is 4.52 Å². The molecule has 7 nitrogen and oxygen atoms in total. The molecule has 1 fully saturated rings. The van der Waals surface area contributed by atoms with E-state index in [2.05, 4.69) is 15.5 Å². The van der Waals surface area contributed by atoms with Crippen molar-refractivity contribution >= 4 is 11.8 Å². The zero-order valence-electron chi connectivity index (χ0n) is 16.1. The maximum atomic E-state index is 12.4. The molecule has 27 heavy (non-hydrogen) atoms. The molecule has 0 spiro atoms. The van der Waals surface area contributed by atoms with Crippen LogP contribution in [0.2, 0.25) is 0 Å². The second-order valence-corrected chi connectivity index (χ2v) is 7.40. The Kier molecular flexibility index (Phi) is 5.88. The molecule has 3 rings (SSSR count). The maximum Gasteiger partial charge on any atom is 0.228 e. The van der Waals surface area contributed by atoms with Gasteiger partial charge in [0.2, 0.25) is 17.7 Å². The number of aryl methyl sites for hydroxylation is 1. The van der Waals surface area contributed by atoms with Gasteiger partial charge in [0.15, 0.2) is 5.82 Å². The quantitative estimate of drug-likeness (QED) is 0.807. The van der Waals surface area contributed by atoms with Crippen LogP contribution in [0.4, 0.5) is 0 Å². The Labute approximate surface area is 159 Å². The van der Waals surface area contributed by atoms with Crippen LogP contribution in [-0.4, -0.2) is 39.9 Å².